The van der Waals surface area contributed by atoms with Crippen LogP contribution in [-0.2, 0) is 25.7 Å². The number of benzene rings is 2. The summed E-state index contributed by atoms with van der Waals surface area (Å²) in [4.78, 5) is 47.1. The minimum Gasteiger partial charge on any atom is -0.459 e. The Morgan fingerprint density at radius 3 is 2.24 bits per heavy atom. The van der Waals surface area contributed by atoms with E-state index in [0.29, 0.717) is 0 Å². The van der Waals surface area contributed by atoms with E-state index < -0.39 is 34.6 Å². The molecule has 2 aromatic rings. The molecule has 0 aromatic heterocycles. The first-order valence-electron chi connectivity index (χ1n) is 10.2. The summed E-state index contributed by atoms with van der Waals surface area (Å²) in [5, 5.41) is 13.1. The van der Waals surface area contributed by atoms with E-state index in [1.54, 1.807) is 45.0 Å². The van der Waals surface area contributed by atoms with Crippen LogP contribution < -0.4 is 10.1 Å². The second-order valence-electron chi connectivity index (χ2n) is 8.06. The lowest BCUT2D eigenvalue weighted by Gasteiger charge is -2.23. The van der Waals surface area contributed by atoms with E-state index in [-0.39, 0.29) is 30.9 Å². The SMILES string of the molecule is CC(C)(C)OC(=O)NC(CCC(=O)Oc1ccc([N+](=O)[O-])cc1)C(=O)OCc1ccccc1. The number of nitrogens with one attached hydrogen (secondary N) is 1. The van der Waals surface area contributed by atoms with Gasteiger partial charge in [-0.2, -0.15) is 0 Å². The zero-order valence-corrected chi connectivity index (χ0v) is 18.6. The van der Waals surface area contributed by atoms with Crippen LogP contribution in [0.25, 0.3) is 0 Å². The van der Waals surface area contributed by atoms with E-state index in [2.05, 4.69) is 5.32 Å². The van der Waals surface area contributed by atoms with Crippen molar-refractivity contribution in [1.82, 2.24) is 5.32 Å². The second kappa shape index (κ2) is 11.6. The molecule has 1 amide bonds. The Morgan fingerprint density at radius 2 is 1.67 bits per heavy atom. The Hall–Kier alpha value is -3.95. The quantitative estimate of drug-likeness (QED) is 0.259. The molecule has 0 spiro atoms. The predicted octanol–water partition coefficient (Wildman–Crippen LogP) is 3.92. The number of esters is 2. The number of hydrogen-bond acceptors (Lipinski definition) is 8. The number of rotatable bonds is 9. The summed E-state index contributed by atoms with van der Waals surface area (Å²) in [6.45, 7) is 5.03. The maximum absolute atomic E-state index is 12.6. The van der Waals surface area contributed by atoms with Gasteiger partial charge in [-0.1, -0.05) is 30.3 Å². The molecule has 0 bridgehead atoms. The molecule has 0 heterocycles. The van der Waals surface area contributed by atoms with Crippen LogP contribution in [0.3, 0.4) is 0 Å². The van der Waals surface area contributed by atoms with Gasteiger partial charge < -0.3 is 19.5 Å². The number of ether oxygens (including phenoxy) is 3. The third kappa shape index (κ3) is 9.38. The number of carbonyl (C=O) groups is 3. The Labute approximate surface area is 191 Å². The molecule has 0 aliphatic carbocycles. The van der Waals surface area contributed by atoms with Gasteiger partial charge in [0.05, 0.1) is 4.92 Å². The van der Waals surface area contributed by atoms with E-state index in [1.165, 1.54) is 24.3 Å². The van der Waals surface area contributed by atoms with Gasteiger partial charge in [-0.3, -0.25) is 14.9 Å². The summed E-state index contributed by atoms with van der Waals surface area (Å²) >= 11 is 0. The van der Waals surface area contributed by atoms with E-state index in [4.69, 9.17) is 14.2 Å². The molecule has 2 aromatic carbocycles. The maximum Gasteiger partial charge on any atom is 0.408 e. The summed E-state index contributed by atoms with van der Waals surface area (Å²) in [5.41, 5.74) is -0.158. The molecule has 0 saturated heterocycles. The summed E-state index contributed by atoms with van der Waals surface area (Å²) < 4.78 is 15.6. The van der Waals surface area contributed by atoms with E-state index in [0.717, 1.165) is 5.56 Å². The van der Waals surface area contributed by atoms with Gasteiger partial charge in [0.1, 0.15) is 24.0 Å². The topological polar surface area (TPSA) is 134 Å². The Kier molecular flexibility index (Phi) is 8.90. The average Bonchev–Trinajstić information content (AvgIpc) is 2.74. The largest absolute Gasteiger partial charge is 0.459 e. The average molecular weight is 458 g/mol. The molecule has 10 nitrogen and oxygen atoms in total. The van der Waals surface area contributed by atoms with Crippen LogP contribution in [0.1, 0.15) is 39.2 Å². The number of non-ortho nitro benzene ring substituents is 1. The van der Waals surface area contributed by atoms with Crippen molar-refractivity contribution >= 4 is 23.7 Å². The van der Waals surface area contributed by atoms with Crippen LogP contribution in [0.4, 0.5) is 10.5 Å². The smallest absolute Gasteiger partial charge is 0.408 e. The number of alkyl carbamates (subject to hydrolysis) is 1. The molecule has 0 saturated carbocycles. The van der Waals surface area contributed by atoms with Crippen LogP contribution in [0, 0.1) is 10.1 Å². The van der Waals surface area contributed by atoms with Crippen LogP contribution in [0.2, 0.25) is 0 Å². The van der Waals surface area contributed by atoms with Gasteiger partial charge in [0.15, 0.2) is 0 Å². The molecule has 0 aliphatic rings. The number of amides is 1. The lowest BCUT2D eigenvalue weighted by atomic mass is 10.1. The first-order chi connectivity index (χ1) is 15.5. The van der Waals surface area contributed by atoms with E-state index >= 15 is 0 Å². The highest BCUT2D eigenvalue weighted by Crippen LogP contribution is 2.18. The molecule has 0 aliphatic heterocycles. The number of nitro benzene ring substituents is 1. The monoisotopic (exact) mass is 458 g/mol. The number of carbonyl (C=O) groups excluding carboxylic acids is 3. The van der Waals surface area contributed by atoms with Gasteiger partial charge in [0, 0.05) is 18.6 Å². The maximum atomic E-state index is 12.6. The fourth-order valence-corrected chi connectivity index (χ4v) is 2.61. The molecule has 0 radical (unpaired) electrons. The van der Waals surface area contributed by atoms with Crippen LogP contribution in [0.5, 0.6) is 5.75 Å². The van der Waals surface area contributed by atoms with Crippen molar-refractivity contribution in [2.75, 3.05) is 0 Å². The Bertz CT molecular complexity index is 968. The van der Waals surface area contributed by atoms with Crippen molar-refractivity contribution in [1.29, 1.82) is 0 Å². The fourth-order valence-electron chi connectivity index (χ4n) is 2.61. The Balaban J connectivity index is 1.97. The first-order valence-corrected chi connectivity index (χ1v) is 10.2. The zero-order chi connectivity index (χ0) is 24.4. The van der Waals surface area contributed by atoms with Gasteiger partial charge in [-0.25, -0.2) is 9.59 Å². The zero-order valence-electron chi connectivity index (χ0n) is 18.6. The molecular weight excluding hydrogens is 432 g/mol. The molecule has 0 fully saturated rings. The molecule has 10 heteroatoms. The van der Waals surface area contributed by atoms with Gasteiger partial charge >= 0.3 is 18.0 Å². The summed E-state index contributed by atoms with van der Waals surface area (Å²) in [5.74, 6) is -1.29. The fraction of sp³-hybridized carbons (Fsp3) is 0.348. The van der Waals surface area contributed by atoms with Gasteiger partial charge in [0.25, 0.3) is 5.69 Å². The molecule has 176 valence electrons. The van der Waals surface area contributed by atoms with Crippen molar-refractivity contribution in [2.24, 2.45) is 0 Å². The minimum absolute atomic E-state index is 0.000582. The highest BCUT2D eigenvalue weighted by molar-refractivity contribution is 5.82. The summed E-state index contributed by atoms with van der Waals surface area (Å²) in [7, 11) is 0. The second-order valence-corrected chi connectivity index (χ2v) is 8.06. The van der Waals surface area contributed by atoms with Crippen molar-refractivity contribution in [3.8, 4) is 5.75 Å². The van der Waals surface area contributed by atoms with E-state index in [9.17, 15) is 24.5 Å². The van der Waals surface area contributed by atoms with Crippen LogP contribution >= 0.6 is 0 Å². The third-order valence-electron chi connectivity index (χ3n) is 4.12. The summed E-state index contributed by atoms with van der Waals surface area (Å²) in [6, 6.07) is 12.8. The van der Waals surface area contributed by atoms with Gasteiger partial charge in [-0.15, -0.1) is 0 Å². The number of hydrogen-bond donors (Lipinski definition) is 1. The Morgan fingerprint density at radius 1 is 1.03 bits per heavy atom. The lowest BCUT2D eigenvalue weighted by molar-refractivity contribution is -0.384. The van der Waals surface area contributed by atoms with Crippen molar-refractivity contribution in [3.63, 3.8) is 0 Å². The van der Waals surface area contributed by atoms with Crippen LogP contribution in [0.15, 0.2) is 54.6 Å². The molecule has 1 N–H and O–H groups in total. The lowest BCUT2D eigenvalue weighted by Crippen LogP contribution is -2.44. The highest BCUT2D eigenvalue weighted by Gasteiger charge is 2.26. The third-order valence-corrected chi connectivity index (χ3v) is 4.12. The van der Waals surface area contributed by atoms with Crippen molar-refractivity contribution in [2.45, 2.75) is 51.9 Å². The summed E-state index contributed by atoms with van der Waals surface area (Å²) in [6.07, 6.45) is -1.15. The van der Waals surface area contributed by atoms with E-state index in [1.807, 2.05) is 6.07 Å². The number of nitrogens with zero attached hydrogens (tertiary/aromatic N) is 1. The first kappa shape index (κ1) is 25.3. The molecule has 1 atom stereocenters. The van der Waals surface area contributed by atoms with Crippen LogP contribution in [-0.4, -0.2) is 34.6 Å². The van der Waals surface area contributed by atoms with Crippen molar-refractivity contribution < 1.29 is 33.5 Å². The van der Waals surface area contributed by atoms with Gasteiger partial charge in [-0.05, 0) is 44.9 Å². The standard InChI is InChI=1S/C23H26N2O8/c1-23(2,3)33-22(28)24-19(21(27)31-15-16-7-5-4-6-8-16)13-14-20(26)32-18-11-9-17(10-12-18)25(29)30/h4-12,19H,13-15H2,1-3H3,(H,24,28). The highest BCUT2D eigenvalue weighted by atomic mass is 16.6. The molecular formula is C23H26N2O8. The van der Waals surface area contributed by atoms with Crippen molar-refractivity contribution in [3.05, 3.63) is 70.3 Å². The molecule has 1 unspecified atom stereocenters. The molecule has 33 heavy (non-hydrogen) atoms. The number of nitro groups is 1. The van der Waals surface area contributed by atoms with Gasteiger partial charge in [0.2, 0.25) is 0 Å². The predicted molar refractivity (Wildman–Crippen MR) is 117 cm³/mol. The molecule has 2 rings (SSSR count). The minimum atomic E-state index is -1.15. The normalized spacial score (nSPS) is 11.7.